The summed E-state index contributed by atoms with van der Waals surface area (Å²) in [7, 11) is 0. The van der Waals surface area contributed by atoms with E-state index in [0.717, 1.165) is 38.5 Å². The first-order chi connectivity index (χ1) is 16.2. The van der Waals surface area contributed by atoms with Crippen molar-refractivity contribution in [3.05, 3.63) is 0 Å². The molecule has 0 spiro atoms. The Hall–Kier alpha value is -2.00. The Morgan fingerprint density at radius 3 is 2.56 bits per heavy atom. The molecule has 3 aliphatic heterocycles. The molecule has 0 aromatic carbocycles. The van der Waals surface area contributed by atoms with E-state index in [1.807, 2.05) is 13.8 Å². The number of ether oxygens (including phenoxy) is 2. The van der Waals surface area contributed by atoms with E-state index in [1.54, 1.807) is 11.8 Å². The van der Waals surface area contributed by atoms with Crippen LogP contribution in [0.3, 0.4) is 0 Å². The largest absolute Gasteiger partial charge is 0.379 e. The van der Waals surface area contributed by atoms with E-state index >= 15 is 0 Å². The molecule has 34 heavy (non-hydrogen) atoms. The number of Topliss-reactive ketones (excluding diaryl/α,β-unsaturated/α-hetero) is 1. The second kappa shape index (κ2) is 12.1. The van der Waals surface area contributed by atoms with Crippen molar-refractivity contribution in [3.63, 3.8) is 0 Å². The summed E-state index contributed by atoms with van der Waals surface area (Å²) < 4.78 is 11.1. The van der Waals surface area contributed by atoms with Gasteiger partial charge in [-0.1, -0.05) is 33.1 Å². The van der Waals surface area contributed by atoms with E-state index < -0.39 is 29.6 Å². The highest BCUT2D eigenvalue weighted by molar-refractivity contribution is 5.98. The Bertz CT molecular complexity index is 751. The lowest BCUT2D eigenvalue weighted by Gasteiger charge is -2.28. The average molecular weight is 480 g/mol. The second-order valence-electron chi connectivity index (χ2n) is 10.5. The van der Waals surface area contributed by atoms with Gasteiger partial charge in [0.2, 0.25) is 17.7 Å². The van der Waals surface area contributed by atoms with E-state index in [9.17, 15) is 19.2 Å². The number of hydrogen-bond donors (Lipinski definition) is 2. The molecule has 9 heteroatoms. The molecule has 0 aromatic rings. The van der Waals surface area contributed by atoms with Crippen molar-refractivity contribution >= 4 is 23.5 Å². The molecule has 3 saturated heterocycles. The number of carbonyl (C=O) groups is 4. The molecule has 3 heterocycles. The minimum atomic E-state index is -0.939. The molecule has 0 bridgehead atoms. The number of hydrogen-bond acceptors (Lipinski definition) is 6. The number of carbonyl (C=O) groups excluding carboxylic acids is 4. The fraction of sp³-hybridized carbons (Fsp3) is 0.840. The molecular weight excluding hydrogens is 438 g/mol. The van der Waals surface area contributed by atoms with Crippen LogP contribution in [0.5, 0.6) is 0 Å². The molecule has 3 aliphatic rings. The smallest absolute Gasteiger partial charge is 0.245 e. The maximum Gasteiger partial charge on any atom is 0.245 e. The monoisotopic (exact) mass is 479 g/mol. The van der Waals surface area contributed by atoms with Gasteiger partial charge in [0, 0.05) is 19.6 Å². The zero-order chi connectivity index (χ0) is 24.7. The van der Waals surface area contributed by atoms with Crippen molar-refractivity contribution in [2.24, 2.45) is 5.92 Å². The lowest BCUT2D eigenvalue weighted by atomic mass is 9.93. The van der Waals surface area contributed by atoms with Crippen LogP contribution in [-0.2, 0) is 28.7 Å². The summed E-state index contributed by atoms with van der Waals surface area (Å²) in [5.41, 5.74) is -0.848. The molecule has 192 valence electrons. The Balaban J connectivity index is 1.71. The molecule has 3 amide bonds. The Kier molecular flexibility index (Phi) is 9.47. The maximum atomic E-state index is 13.3. The molecule has 9 nitrogen and oxygen atoms in total. The van der Waals surface area contributed by atoms with E-state index in [-0.39, 0.29) is 30.1 Å². The van der Waals surface area contributed by atoms with Crippen LogP contribution in [0.4, 0.5) is 0 Å². The predicted octanol–water partition coefficient (Wildman–Crippen LogP) is 1.72. The summed E-state index contributed by atoms with van der Waals surface area (Å²) >= 11 is 0. The minimum Gasteiger partial charge on any atom is -0.379 e. The number of epoxide rings is 1. The van der Waals surface area contributed by atoms with Gasteiger partial charge in [-0.15, -0.1) is 0 Å². The zero-order valence-corrected chi connectivity index (χ0v) is 20.9. The summed E-state index contributed by atoms with van der Waals surface area (Å²) in [6, 6.07) is -2.21. The topological polar surface area (TPSA) is 117 Å². The van der Waals surface area contributed by atoms with Crippen LogP contribution in [0.15, 0.2) is 0 Å². The van der Waals surface area contributed by atoms with Crippen molar-refractivity contribution in [2.45, 2.75) is 102 Å². The first-order valence-corrected chi connectivity index (χ1v) is 12.9. The maximum absolute atomic E-state index is 13.3. The van der Waals surface area contributed by atoms with Crippen molar-refractivity contribution in [3.8, 4) is 0 Å². The summed E-state index contributed by atoms with van der Waals surface area (Å²) in [5.74, 6) is -0.740. The van der Waals surface area contributed by atoms with Crippen molar-refractivity contribution in [1.82, 2.24) is 15.5 Å². The Morgan fingerprint density at radius 1 is 1.15 bits per heavy atom. The van der Waals surface area contributed by atoms with Crippen molar-refractivity contribution in [1.29, 1.82) is 0 Å². The molecule has 0 saturated carbocycles. The van der Waals surface area contributed by atoms with Gasteiger partial charge in [0.25, 0.3) is 0 Å². The highest BCUT2D eigenvalue weighted by Gasteiger charge is 2.50. The van der Waals surface area contributed by atoms with Gasteiger partial charge in [0.05, 0.1) is 19.3 Å². The van der Waals surface area contributed by atoms with Crippen molar-refractivity contribution in [2.75, 3.05) is 26.4 Å². The van der Waals surface area contributed by atoms with Gasteiger partial charge in [-0.25, -0.2) is 0 Å². The highest BCUT2D eigenvalue weighted by atomic mass is 16.6. The summed E-state index contributed by atoms with van der Waals surface area (Å²) in [6.45, 7) is 7.14. The molecule has 0 aliphatic carbocycles. The van der Waals surface area contributed by atoms with E-state index in [2.05, 4.69) is 10.6 Å². The third kappa shape index (κ3) is 7.25. The van der Waals surface area contributed by atoms with Crippen LogP contribution in [0.2, 0.25) is 0 Å². The van der Waals surface area contributed by atoms with Crippen molar-refractivity contribution < 1.29 is 28.7 Å². The van der Waals surface area contributed by atoms with Gasteiger partial charge in [-0.05, 0) is 44.9 Å². The fourth-order valence-corrected chi connectivity index (χ4v) is 4.74. The molecule has 4 atom stereocenters. The number of nitrogens with one attached hydrogen (secondary N) is 2. The molecule has 0 aromatic heterocycles. The normalized spacial score (nSPS) is 30.1. The highest BCUT2D eigenvalue weighted by Crippen LogP contribution is 2.29. The standard InChI is InChI=1S/C25H41N3O6/c1-17(2)14-18(22(30)25(3)16-34-25)26-23(31)19-15-33-13-8-6-4-5-7-11-21(29)28-12-9-10-20(28)24(32)27-19/h17-20H,4-16H2,1-3H3,(H,26,31)(H,27,32)/t18?,19-,20-,25+/m0/s1. The predicted molar refractivity (Wildman–Crippen MR) is 126 cm³/mol. The molecule has 0 radical (unpaired) electrons. The second-order valence-corrected chi connectivity index (χ2v) is 10.5. The van der Waals surface area contributed by atoms with E-state index in [0.29, 0.717) is 39.0 Å². The van der Waals surface area contributed by atoms with E-state index in [4.69, 9.17) is 9.47 Å². The van der Waals surface area contributed by atoms with Crippen LogP contribution in [-0.4, -0.2) is 78.5 Å². The van der Waals surface area contributed by atoms with Crippen LogP contribution in [0.1, 0.15) is 78.6 Å². The first kappa shape index (κ1) is 26.6. The quantitative estimate of drug-likeness (QED) is 0.560. The first-order valence-electron chi connectivity index (χ1n) is 12.9. The van der Waals surface area contributed by atoms with Gasteiger partial charge < -0.3 is 25.0 Å². The lowest BCUT2D eigenvalue weighted by molar-refractivity contribution is -0.140. The fourth-order valence-electron chi connectivity index (χ4n) is 4.74. The number of amides is 3. The summed E-state index contributed by atoms with van der Waals surface area (Å²) in [5, 5.41) is 5.67. The van der Waals surface area contributed by atoms with Gasteiger partial charge in [-0.2, -0.15) is 0 Å². The van der Waals surface area contributed by atoms with Crippen LogP contribution in [0.25, 0.3) is 0 Å². The molecular formula is C25H41N3O6. The molecule has 2 N–H and O–H groups in total. The molecule has 1 unspecified atom stereocenters. The minimum absolute atomic E-state index is 0.00467. The van der Waals surface area contributed by atoms with Gasteiger partial charge in [-0.3, -0.25) is 19.2 Å². The zero-order valence-electron chi connectivity index (χ0n) is 20.9. The number of fused-ring (bicyclic) bond motifs is 1. The summed E-state index contributed by atoms with van der Waals surface area (Å²) in [4.78, 5) is 53.7. The molecule has 3 rings (SSSR count). The van der Waals surface area contributed by atoms with Gasteiger partial charge in [0.15, 0.2) is 5.78 Å². The number of nitrogens with zero attached hydrogens (tertiary/aromatic N) is 1. The van der Waals surface area contributed by atoms with Crippen LogP contribution >= 0.6 is 0 Å². The van der Waals surface area contributed by atoms with Crippen LogP contribution in [0, 0.1) is 5.92 Å². The third-order valence-electron chi connectivity index (χ3n) is 6.91. The number of ketones is 1. The number of rotatable bonds is 6. The Labute approximate surface area is 202 Å². The summed E-state index contributed by atoms with van der Waals surface area (Å²) in [6.07, 6.45) is 6.96. The lowest BCUT2D eigenvalue weighted by Crippen LogP contribution is -2.57. The average Bonchev–Trinajstić information content (AvgIpc) is 3.34. The third-order valence-corrected chi connectivity index (χ3v) is 6.91. The van der Waals surface area contributed by atoms with E-state index in [1.165, 1.54) is 0 Å². The molecule has 3 fully saturated rings. The van der Waals surface area contributed by atoms with Crippen LogP contribution < -0.4 is 10.6 Å². The SMILES string of the molecule is CC(C)CC(NC(=O)[C@@H]1COCCCCCCCC(=O)N2CCC[C@H]2C(=O)N1)C(=O)[C@@]1(C)CO1. The Morgan fingerprint density at radius 2 is 1.85 bits per heavy atom. The van der Waals surface area contributed by atoms with Gasteiger partial charge >= 0.3 is 0 Å². The van der Waals surface area contributed by atoms with Gasteiger partial charge in [0.1, 0.15) is 17.7 Å².